The van der Waals surface area contributed by atoms with Crippen molar-refractivity contribution in [2.75, 3.05) is 6.61 Å². The maximum atomic E-state index is 11.2. The molecule has 0 saturated carbocycles. The molecule has 2 aromatic carbocycles. The lowest BCUT2D eigenvalue weighted by Gasteiger charge is -2.17. The number of rotatable bonds is 8. The van der Waals surface area contributed by atoms with E-state index in [4.69, 9.17) is 21.4 Å². The molecule has 0 amide bonds. The fraction of sp³-hybridized carbons (Fsp3) is 0.318. The Morgan fingerprint density at radius 3 is 2.63 bits per heavy atom. The van der Waals surface area contributed by atoms with Crippen LogP contribution in [0.2, 0.25) is 5.02 Å². The zero-order valence-corrected chi connectivity index (χ0v) is 16.4. The molecule has 0 unspecified atom stereocenters. The average Bonchev–Trinajstić information content (AvgIpc) is 3.06. The minimum atomic E-state index is -0.920. The maximum absolute atomic E-state index is 11.2. The molecule has 3 aromatic rings. The van der Waals surface area contributed by atoms with Crippen LogP contribution in [0.25, 0.3) is 10.9 Å². The highest BCUT2D eigenvalue weighted by Crippen LogP contribution is 2.27. The van der Waals surface area contributed by atoms with Gasteiger partial charge in [-0.05, 0) is 48.4 Å². The SMILES string of the molecule is CCC(CC)COc1ccc(Cl)cc1Cn1ccc2cc(C(=O)O)ccc21. The lowest BCUT2D eigenvalue weighted by atomic mass is 10.1. The van der Waals surface area contributed by atoms with Gasteiger partial charge in [-0.2, -0.15) is 0 Å². The number of aromatic nitrogens is 1. The Morgan fingerprint density at radius 2 is 1.93 bits per heavy atom. The smallest absolute Gasteiger partial charge is 0.335 e. The number of nitrogens with zero attached hydrogens (tertiary/aromatic N) is 1. The summed E-state index contributed by atoms with van der Waals surface area (Å²) in [5.74, 6) is 0.460. The normalized spacial score (nSPS) is 11.3. The second-order valence-electron chi connectivity index (χ2n) is 6.77. The monoisotopic (exact) mass is 385 g/mol. The van der Waals surface area contributed by atoms with E-state index >= 15 is 0 Å². The van der Waals surface area contributed by atoms with Gasteiger partial charge in [-0.25, -0.2) is 4.79 Å². The molecule has 3 rings (SSSR count). The molecule has 0 radical (unpaired) electrons. The Bertz CT molecular complexity index is 944. The summed E-state index contributed by atoms with van der Waals surface area (Å²) in [6.45, 7) is 5.65. The molecule has 0 spiro atoms. The second-order valence-corrected chi connectivity index (χ2v) is 7.20. The standard InChI is InChI=1S/C22H24ClNO3/c1-3-15(4-2)14-27-21-8-6-19(23)12-18(21)13-24-10-9-16-11-17(22(25)26)5-7-20(16)24/h5-12,15H,3-4,13-14H2,1-2H3,(H,25,26). The van der Waals surface area contributed by atoms with E-state index in [1.54, 1.807) is 12.1 Å². The van der Waals surface area contributed by atoms with Gasteiger partial charge in [-0.15, -0.1) is 0 Å². The van der Waals surface area contributed by atoms with E-state index in [0.717, 1.165) is 35.1 Å². The van der Waals surface area contributed by atoms with Gasteiger partial charge in [0.05, 0.1) is 18.7 Å². The van der Waals surface area contributed by atoms with Crippen LogP contribution in [-0.2, 0) is 6.54 Å². The van der Waals surface area contributed by atoms with Crippen molar-refractivity contribution in [3.63, 3.8) is 0 Å². The Balaban J connectivity index is 1.87. The van der Waals surface area contributed by atoms with Gasteiger partial charge in [-0.1, -0.05) is 38.3 Å². The third kappa shape index (κ3) is 4.45. The highest BCUT2D eigenvalue weighted by molar-refractivity contribution is 6.30. The molecule has 1 heterocycles. The molecule has 4 nitrogen and oxygen atoms in total. The van der Waals surface area contributed by atoms with Crippen molar-refractivity contribution < 1.29 is 14.6 Å². The molecule has 0 saturated heterocycles. The Kier molecular flexibility index (Phi) is 6.07. The Hall–Kier alpha value is -2.46. The van der Waals surface area contributed by atoms with Crippen LogP contribution in [0.3, 0.4) is 0 Å². The van der Waals surface area contributed by atoms with Crippen LogP contribution in [0.5, 0.6) is 5.75 Å². The minimum absolute atomic E-state index is 0.289. The Labute approximate surface area is 164 Å². The first-order chi connectivity index (χ1) is 13.0. The molecule has 0 atom stereocenters. The molecule has 0 bridgehead atoms. The molecular formula is C22H24ClNO3. The quantitative estimate of drug-likeness (QED) is 0.528. The third-order valence-corrected chi connectivity index (χ3v) is 5.25. The van der Waals surface area contributed by atoms with Crippen LogP contribution in [0, 0.1) is 5.92 Å². The fourth-order valence-electron chi connectivity index (χ4n) is 3.20. The summed E-state index contributed by atoms with van der Waals surface area (Å²) in [7, 11) is 0. The van der Waals surface area contributed by atoms with Gasteiger partial charge < -0.3 is 14.4 Å². The lowest BCUT2D eigenvalue weighted by Crippen LogP contribution is -2.11. The first-order valence-corrected chi connectivity index (χ1v) is 9.63. The largest absolute Gasteiger partial charge is 0.493 e. The maximum Gasteiger partial charge on any atom is 0.335 e. The lowest BCUT2D eigenvalue weighted by molar-refractivity contribution is 0.0697. The predicted molar refractivity (Wildman–Crippen MR) is 109 cm³/mol. The number of carbonyl (C=O) groups is 1. The van der Waals surface area contributed by atoms with Gasteiger partial charge in [0.2, 0.25) is 0 Å². The third-order valence-electron chi connectivity index (χ3n) is 5.01. The van der Waals surface area contributed by atoms with Gasteiger partial charge in [0.15, 0.2) is 0 Å². The van der Waals surface area contributed by atoms with E-state index in [-0.39, 0.29) is 5.56 Å². The number of ether oxygens (including phenoxy) is 1. The van der Waals surface area contributed by atoms with E-state index < -0.39 is 5.97 Å². The first kappa shape index (κ1) is 19.3. The van der Waals surface area contributed by atoms with Gasteiger partial charge in [0, 0.05) is 27.7 Å². The highest BCUT2D eigenvalue weighted by atomic mass is 35.5. The molecule has 0 aliphatic rings. The molecule has 0 aliphatic carbocycles. The zero-order chi connectivity index (χ0) is 19.4. The van der Waals surface area contributed by atoms with E-state index in [1.165, 1.54) is 0 Å². The molecule has 5 heteroatoms. The van der Waals surface area contributed by atoms with Crippen LogP contribution in [0.4, 0.5) is 0 Å². The number of carboxylic acid groups (broad SMARTS) is 1. The number of halogens is 1. The summed E-state index contributed by atoms with van der Waals surface area (Å²) in [6, 6.07) is 12.8. The summed E-state index contributed by atoms with van der Waals surface area (Å²) in [5.41, 5.74) is 2.27. The average molecular weight is 386 g/mol. The zero-order valence-electron chi connectivity index (χ0n) is 15.6. The Morgan fingerprint density at radius 1 is 1.15 bits per heavy atom. The van der Waals surface area contributed by atoms with E-state index in [9.17, 15) is 4.79 Å². The van der Waals surface area contributed by atoms with E-state index in [0.29, 0.717) is 24.1 Å². The van der Waals surface area contributed by atoms with Crippen molar-refractivity contribution >= 4 is 28.5 Å². The first-order valence-electron chi connectivity index (χ1n) is 9.25. The summed E-state index contributed by atoms with van der Waals surface area (Å²) >= 11 is 6.22. The van der Waals surface area contributed by atoms with Gasteiger partial charge in [0.1, 0.15) is 5.75 Å². The summed E-state index contributed by atoms with van der Waals surface area (Å²) in [4.78, 5) is 11.2. The molecule has 0 fully saturated rings. The van der Waals surface area contributed by atoms with Crippen LogP contribution in [0.1, 0.15) is 42.6 Å². The highest BCUT2D eigenvalue weighted by Gasteiger charge is 2.12. The van der Waals surface area contributed by atoms with Gasteiger partial charge in [-0.3, -0.25) is 0 Å². The summed E-state index contributed by atoms with van der Waals surface area (Å²) < 4.78 is 8.18. The number of hydrogen-bond acceptors (Lipinski definition) is 2. The number of fused-ring (bicyclic) bond motifs is 1. The van der Waals surface area contributed by atoms with E-state index in [1.807, 2.05) is 36.5 Å². The van der Waals surface area contributed by atoms with Crippen molar-refractivity contribution in [1.29, 1.82) is 0 Å². The van der Waals surface area contributed by atoms with Gasteiger partial charge in [0.25, 0.3) is 0 Å². The van der Waals surface area contributed by atoms with Crippen LogP contribution in [-0.4, -0.2) is 22.2 Å². The second kappa shape index (κ2) is 8.49. The van der Waals surface area contributed by atoms with Crippen molar-refractivity contribution in [2.45, 2.75) is 33.2 Å². The van der Waals surface area contributed by atoms with Crippen LogP contribution >= 0.6 is 11.6 Å². The van der Waals surface area contributed by atoms with Crippen molar-refractivity contribution in [1.82, 2.24) is 4.57 Å². The number of hydrogen-bond donors (Lipinski definition) is 1. The topological polar surface area (TPSA) is 51.5 Å². The van der Waals surface area contributed by atoms with Crippen molar-refractivity contribution in [2.24, 2.45) is 5.92 Å². The molecule has 142 valence electrons. The summed E-state index contributed by atoms with van der Waals surface area (Å²) in [6.07, 6.45) is 4.14. The number of carboxylic acids is 1. The van der Waals surface area contributed by atoms with Crippen molar-refractivity contribution in [3.05, 3.63) is 64.8 Å². The predicted octanol–water partition coefficient (Wildman–Crippen LogP) is 5.86. The molecule has 1 aromatic heterocycles. The molecular weight excluding hydrogens is 362 g/mol. The summed E-state index contributed by atoms with van der Waals surface area (Å²) in [5, 5.41) is 10.7. The van der Waals surface area contributed by atoms with Gasteiger partial charge >= 0.3 is 5.97 Å². The number of aromatic carboxylic acids is 1. The van der Waals surface area contributed by atoms with Crippen LogP contribution < -0.4 is 4.74 Å². The molecule has 1 N–H and O–H groups in total. The molecule has 27 heavy (non-hydrogen) atoms. The molecule has 0 aliphatic heterocycles. The minimum Gasteiger partial charge on any atom is -0.493 e. The van der Waals surface area contributed by atoms with E-state index in [2.05, 4.69) is 18.4 Å². The number of benzene rings is 2. The van der Waals surface area contributed by atoms with Crippen LogP contribution in [0.15, 0.2) is 48.7 Å². The fourth-order valence-corrected chi connectivity index (χ4v) is 3.39. The van der Waals surface area contributed by atoms with Crippen molar-refractivity contribution in [3.8, 4) is 5.75 Å².